The summed E-state index contributed by atoms with van der Waals surface area (Å²) in [6.45, 7) is 1.95. The van der Waals surface area contributed by atoms with Gasteiger partial charge in [-0.1, -0.05) is 18.0 Å². The zero-order valence-electron chi connectivity index (χ0n) is 19.4. The standard InChI is InChI=1S/C25H33N3O5/c1-16-22(15-31-25(30)28(2)19-7-3-4-8-19)23(33-27-16)17-10-12-20(13-11-17)32-21-9-5-6-18(14-21)24(26)29/h10-13,18-19,21H,3-9,14-15H2,1-2H3,(H2,26,29). The molecule has 0 radical (unpaired) electrons. The summed E-state index contributed by atoms with van der Waals surface area (Å²) in [6.07, 6.45) is 7.38. The van der Waals surface area contributed by atoms with Crippen molar-refractivity contribution in [2.45, 2.75) is 77.0 Å². The lowest BCUT2D eigenvalue weighted by molar-refractivity contribution is -0.123. The fourth-order valence-corrected chi connectivity index (χ4v) is 4.85. The Morgan fingerprint density at radius 3 is 2.55 bits per heavy atom. The van der Waals surface area contributed by atoms with Crippen LogP contribution in [0.4, 0.5) is 4.79 Å². The number of primary amides is 1. The molecule has 1 aromatic carbocycles. The van der Waals surface area contributed by atoms with E-state index in [-0.39, 0.29) is 36.7 Å². The van der Waals surface area contributed by atoms with E-state index in [1.54, 1.807) is 11.9 Å². The lowest BCUT2D eigenvalue weighted by atomic mass is 9.87. The topological polar surface area (TPSA) is 108 Å². The van der Waals surface area contributed by atoms with Crippen LogP contribution in [0.3, 0.4) is 0 Å². The van der Waals surface area contributed by atoms with Gasteiger partial charge in [-0.15, -0.1) is 0 Å². The number of carbonyl (C=O) groups is 2. The monoisotopic (exact) mass is 455 g/mol. The summed E-state index contributed by atoms with van der Waals surface area (Å²) in [4.78, 5) is 25.7. The molecule has 0 saturated heterocycles. The molecule has 2 fully saturated rings. The van der Waals surface area contributed by atoms with Crippen molar-refractivity contribution in [1.82, 2.24) is 10.1 Å². The molecule has 2 aromatic rings. The largest absolute Gasteiger partial charge is 0.490 e. The van der Waals surface area contributed by atoms with Crippen molar-refractivity contribution in [3.63, 3.8) is 0 Å². The number of aromatic nitrogens is 1. The molecular formula is C25H33N3O5. The van der Waals surface area contributed by atoms with E-state index >= 15 is 0 Å². The second-order valence-electron chi connectivity index (χ2n) is 9.21. The van der Waals surface area contributed by atoms with E-state index in [2.05, 4.69) is 5.16 Å². The molecule has 0 bridgehead atoms. The van der Waals surface area contributed by atoms with Gasteiger partial charge >= 0.3 is 6.09 Å². The molecule has 2 aliphatic rings. The molecule has 2 N–H and O–H groups in total. The Bertz CT molecular complexity index is 965. The molecule has 1 heterocycles. The normalized spacial score (nSPS) is 21.0. The number of carbonyl (C=O) groups excluding carboxylic acids is 2. The van der Waals surface area contributed by atoms with Gasteiger partial charge in [0.2, 0.25) is 5.91 Å². The van der Waals surface area contributed by atoms with Crippen molar-refractivity contribution in [2.75, 3.05) is 7.05 Å². The van der Waals surface area contributed by atoms with Crippen LogP contribution < -0.4 is 10.5 Å². The van der Waals surface area contributed by atoms with Crippen LogP contribution in [-0.2, 0) is 16.1 Å². The van der Waals surface area contributed by atoms with Gasteiger partial charge in [-0.3, -0.25) is 4.79 Å². The lowest BCUT2D eigenvalue weighted by Crippen LogP contribution is -2.35. The van der Waals surface area contributed by atoms with Gasteiger partial charge in [-0.2, -0.15) is 0 Å². The highest BCUT2D eigenvalue weighted by Gasteiger charge is 2.27. The molecule has 2 unspecified atom stereocenters. The Hall–Kier alpha value is -3.03. The summed E-state index contributed by atoms with van der Waals surface area (Å²) in [5.74, 6) is 0.957. The first-order chi connectivity index (χ1) is 15.9. The third kappa shape index (κ3) is 5.49. The number of hydrogen-bond acceptors (Lipinski definition) is 6. The summed E-state index contributed by atoms with van der Waals surface area (Å²) in [5, 5.41) is 4.08. The summed E-state index contributed by atoms with van der Waals surface area (Å²) in [5.41, 5.74) is 7.75. The number of aryl methyl sites for hydroxylation is 1. The molecule has 1 aromatic heterocycles. The van der Waals surface area contributed by atoms with Crippen LogP contribution >= 0.6 is 0 Å². The minimum Gasteiger partial charge on any atom is -0.490 e. The number of hydrogen-bond donors (Lipinski definition) is 1. The van der Waals surface area contributed by atoms with E-state index in [9.17, 15) is 9.59 Å². The Morgan fingerprint density at radius 1 is 1.12 bits per heavy atom. The van der Waals surface area contributed by atoms with E-state index in [1.807, 2.05) is 31.2 Å². The molecule has 8 heteroatoms. The van der Waals surface area contributed by atoms with Gasteiger partial charge < -0.3 is 24.6 Å². The van der Waals surface area contributed by atoms with Gasteiger partial charge in [0.1, 0.15) is 12.4 Å². The summed E-state index contributed by atoms with van der Waals surface area (Å²) in [7, 11) is 1.80. The Morgan fingerprint density at radius 2 is 1.85 bits per heavy atom. The maximum Gasteiger partial charge on any atom is 0.410 e. The fraction of sp³-hybridized carbons (Fsp3) is 0.560. The SMILES string of the molecule is Cc1noc(-c2ccc(OC3CCCC(C(N)=O)C3)cc2)c1COC(=O)N(C)C1CCCC1. The first-order valence-electron chi connectivity index (χ1n) is 11.8. The third-order valence-corrected chi connectivity index (χ3v) is 6.93. The number of nitrogens with two attached hydrogens (primary N) is 1. The highest BCUT2D eigenvalue weighted by molar-refractivity contribution is 5.76. The molecule has 2 saturated carbocycles. The van der Waals surface area contributed by atoms with Crippen molar-refractivity contribution in [1.29, 1.82) is 0 Å². The Labute approximate surface area is 194 Å². The highest BCUT2D eigenvalue weighted by Crippen LogP contribution is 2.31. The average molecular weight is 456 g/mol. The van der Waals surface area contributed by atoms with Crippen LogP contribution in [0.1, 0.15) is 62.6 Å². The van der Waals surface area contributed by atoms with Crippen LogP contribution in [0.2, 0.25) is 0 Å². The zero-order chi connectivity index (χ0) is 23.4. The third-order valence-electron chi connectivity index (χ3n) is 6.93. The van der Waals surface area contributed by atoms with Gasteiger partial charge in [0.05, 0.1) is 17.4 Å². The maximum atomic E-state index is 12.5. The van der Waals surface area contributed by atoms with Crippen LogP contribution in [0.15, 0.2) is 28.8 Å². The molecule has 178 valence electrons. The average Bonchev–Trinajstić information content (AvgIpc) is 3.48. The van der Waals surface area contributed by atoms with Crippen molar-refractivity contribution < 1.29 is 23.6 Å². The number of amides is 2. The smallest absolute Gasteiger partial charge is 0.410 e. The Kier molecular flexibility index (Phi) is 7.20. The quantitative estimate of drug-likeness (QED) is 0.654. The summed E-state index contributed by atoms with van der Waals surface area (Å²) >= 11 is 0. The number of ether oxygens (including phenoxy) is 2. The molecule has 2 aliphatic carbocycles. The van der Waals surface area contributed by atoms with E-state index in [0.29, 0.717) is 17.9 Å². The molecule has 2 atom stereocenters. The van der Waals surface area contributed by atoms with E-state index in [4.69, 9.17) is 19.7 Å². The van der Waals surface area contributed by atoms with Crippen molar-refractivity contribution in [3.05, 3.63) is 35.5 Å². The van der Waals surface area contributed by atoms with Crippen LogP contribution in [0, 0.1) is 12.8 Å². The fourth-order valence-electron chi connectivity index (χ4n) is 4.85. The summed E-state index contributed by atoms with van der Waals surface area (Å²) in [6, 6.07) is 7.82. The second kappa shape index (κ2) is 10.3. The van der Waals surface area contributed by atoms with Crippen molar-refractivity contribution in [2.24, 2.45) is 11.7 Å². The van der Waals surface area contributed by atoms with Crippen LogP contribution in [0.5, 0.6) is 5.75 Å². The van der Waals surface area contributed by atoms with E-state index < -0.39 is 0 Å². The van der Waals surface area contributed by atoms with Gasteiger partial charge in [0, 0.05) is 24.6 Å². The molecule has 0 spiro atoms. The lowest BCUT2D eigenvalue weighted by Gasteiger charge is -2.27. The number of nitrogens with zero attached hydrogens (tertiary/aromatic N) is 2. The van der Waals surface area contributed by atoms with Gasteiger partial charge in [-0.25, -0.2) is 4.79 Å². The molecule has 33 heavy (non-hydrogen) atoms. The van der Waals surface area contributed by atoms with Crippen LogP contribution in [0.25, 0.3) is 11.3 Å². The molecular weight excluding hydrogens is 422 g/mol. The first-order valence-corrected chi connectivity index (χ1v) is 11.8. The van der Waals surface area contributed by atoms with Crippen molar-refractivity contribution in [3.8, 4) is 17.1 Å². The van der Waals surface area contributed by atoms with Gasteiger partial charge in [0.25, 0.3) is 0 Å². The number of rotatable bonds is 7. The number of benzene rings is 1. The Balaban J connectivity index is 1.38. The minimum absolute atomic E-state index is 0.0125. The molecule has 2 amide bonds. The predicted octanol–water partition coefficient (Wildman–Crippen LogP) is 4.58. The first kappa shape index (κ1) is 23.1. The predicted molar refractivity (Wildman–Crippen MR) is 122 cm³/mol. The maximum absolute atomic E-state index is 12.5. The summed E-state index contributed by atoms with van der Waals surface area (Å²) < 4.78 is 17.2. The van der Waals surface area contributed by atoms with Gasteiger partial charge in [0.15, 0.2) is 5.76 Å². The van der Waals surface area contributed by atoms with E-state index in [1.165, 1.54) is 0 Å². The van der Waals surface area contributed by atoms with E-state index in [0.717, 1.165) is 61.8 Å². The highest BCUT2D eigenvalue weighted by atomic mass is 16.6. The van der Waals surface area contributed by atoms with Gasteiger partial charge in [-0.05, 0) is 69.7 Å². The van der Waals surface area contributed by atoms with Crippen LogP contribution in [-0.4, -0.2) is 41.3 Å². The minimum atomic E-state index is -0.320. The molecule has 0 aliphatic heterocycles. The molecule has 8 nitrogen and oxygen atoms in total. The van der Waals surface area contributed by atoms with Crippen molar-refractivity contribution >= 4 is 12.0 Å². The molecule has 4 rings (SSSR count). The zero-order valence-corrected chi connectivity index (χ0v) is 19.4. The second-order valence-corrected chi connectivity index (χ2v) is 9.21.